The van der Waals surface area contributed by atoms with Crippen LogP contribution in [0, 0.1) is 13.8 Å². The van der Waals surface area contributed by atoms with Crippen LogP contribution in [0.25, 0.3) is 0 Å². The van der Waals surface area contributed by atoms with Gasteiger partial charge in [-0.25, -0.2) is 0 Å². The number of aryl methyl sites for hydroxylation is 2. The first-order valence-electron chi connectivity index (χ1n) is 5.21. The molecule has 15 heavy (non-hydrogen) atoms. The number of rotatable bonds is 2. The van der Waals surface area contributed by atoms with Crippen LogP contribution in [0.3, 0.4) is 0 Å². The van der Waals surface area contributed by atoms with Crippen LogP contribution in [0.2, 0.25) is 0 Å². The first kappa shape index (κ1) is 9.91. The molecule has 0 unspecified atom stereocenters. The second-order valence-electron chi connectivity index (χ2n) is 3.99. The summed E-state index contributed by atoms with van der Waals surface area (Å²) in [7, 11) is 0. The third-order valence-corrected chi connectivity index (χ3v) is 2.44. The Morgan fingerprint density at radius 1 is 1.00 bits per heavy atom. The number of aromatic nitrogens is 1. The Balaban J connectivity index is 2.18. The number of pyridine rings is 1. The van der Waals surface area contributed by atoms with Gasteiger partial charge in [0.25, 0.3) is 0 Å². The molecule has 76 valence electrons. The van der Waals surface area contributed by atoms with Crippen molar-refractivity contribution in [1.29, 1.82) is 0 Å². The molecule has 1 aromatic carbocycles. The van der Waals surface area contributed by atoms with E-state index in [9.17, 15) is 0 Å². The minimum Gasteiger partial charge on any atom is -0.261 e. The summed E-state index contributed by atoms with van der Waals surface area (Å²) in [6, 6.07) is 12.8. The number of benzene rings is 1. The maximum Gasteiger partial charge on any atom is 0.0447 e. The van der Waals surface area contributed by atoms with Crippen molar-refractivity contribution in [3.05, 3.63) is 65.0 Å². The molecule has 0 amide bonds. The predicted molar refractivity (Wildman–Crippen MR) is 63.0 cm³/mol. The minimum atomic E-state index is 0.919. The van der Waals surface area contributed by atoms with E-state index in [4.69, 9.17) is 0 Å². The Hall–Kier alpha value is -1.63. The fourth-order valence-corrected chi connectivity index (χ4v) is 1.63. The Morgan fingerprint density at radius 2 is 1.87 bits per heavy atom. The quantitative estimate of drug-likeness (QED) is 0.720. The summed E-state index contributed by atoms with van der Waals surface area (Å²) < 4.78 is 0. The van der Waals surface area contributed by atoms with Crippen LogP contribution in [0.1, 0.15) is 22.4 Å². The fraction of sp³-hybridized carbons (Fsp3) is 0.214. The summed E-state index contributed by atoms with van der Waals surface area (Å²) >= 11 is 0. The van der Waals surface area contributed by atoms with Gasteiger partial charge in [0.2, 0.25) is 0 Å². The topological polar surface area (TPSA) is 12.9 Å². The molecule has 0 aliphatic carbocycles. The van der Waals surface area contributed by atoms with Gasteiger partial charge < -0.3 is 0 Å². The second-order valence-corrected chi connectivity index (χ2v) is 3.99. The molecule has 0 aliphatic heterocycles. The van der Waals surface area contributed by atoms with Crippen molar-refractivity contribution in [2.24, 2.45) is 0 Å². The van der Waals surface area contributed by atoms with Gasteiger partial charge in [-0.15, -0.1) is 0 Å². The first-order valence-corrected chi connectivity index (χ1v) is 5.21. The van der Waals surface area contributed by atoms with E-state index in [0.29, 0.717) is 0 Å². The number of hydrogen-bond acceptors (Lipinski definition) is 1. The van der Waals surface area contributed by atoms with E-state index >= 15 is 0 Å². The van der Waals surface area contributed by atoms with Crippen LogP contribution in [-0.2, 0) is 6.42 Å². The zero-order valence-electron chi connectivity index (χ0n) is 9.20. The van der Waals surface area contributed by atoms with Gasteiger partial charge in [0.1, 0.15) is 0 Å². The van der Waals surface area contributed by atoms with Crippen molar-refractivity contribution >= 4 is 0 Å². The number of nitrogens with zero attached hydrogens (tertiary/aromatic N) is 1. The lowest BCUT2D eigenvalue weighted by molar-refractivity contribution is 1.06. The van der Waals surface area contributed by atoms with Gasteiger partial charge in [0, 0.05) is 18.3 Å². The molecule has 1 heteroatoms. The molecule has 0 N–H and O–H groups in total. The van der Waals surface area contributed by atoms with Gasteiger partial charge in [0.05, 0.1) is 0 Å². The van der Waals surface area contributed by atoms with Gasteiger partial charge in [-0.1, -0.05) is 35.9 Å². The molecule has 0 spiro atoms. The Labute approximate surface area is 90.8 Å². The van der Waals surface area contributed by atoms with E-state index in [-0.39, 0.29) is 0 Å². The monoisotopic (exact) mass is 197 g/mol. The molecule has 0 radical (unpaired) electrons. The van der Waals surface area contributed by atoms with E-state index in [1.54, 1.807) is 0 Å². The Bertz CT molecular complexity index is 443. The third-order valence-electron chi connectivity index (χ3n) is 2.44. The summed E-state index contributed by atoms with van der Waals surface area (Å²) in [6.07, 6.45) is 2.84. The average Bonchev–Trinajstić information content (AvgIpc) is 2.22. The Morgan fingerprint density at radius 3 is 2.53 bits per heavy atom. The first-order chi connectivity index (χ1) is 7.24. The fourth-order valence-electron chi connectivity index (χ4n) is 1.63. The zero-order chi connectivity index (χ0) is 10.7. The number of hydrogen-bond donors (Lipinski definition) is 0. The predicted octanol–water partition coefficient (Wildman–Crippen LogP) is 3.29. The molecule has 1 nitrogen and oxygen atoms in total. The minimum absolute atomic E-state index is 0.919. The summed E-state index contributed by atoms with van der Waals surface area (Å²) in [5.74, 6) is 0. The third kappa shape index (κ3) is 2.66. The van der Waals surface area contributed by atoms with Gasteiger partial charge in [0.15, 0.2) is 0 Å². The van der Waals surface area contributed by atoms with E-state index in [0.717, 1.165) is 12.1 Å². The highest BCUT2D eigenvalue weighted by molar-refractivity contribution is 5.26. The summed E-state index contributed by atoms with van der Waals surface area (Å²) in [5, 5.41) is 0. The average molecular weight is 197 g/mol. The van der Waals surface area contributed by atoms with Gasteiger partial charge in [-0.05, 0) is 31.0 Å². The normalized spacial score (nSPS) is 10.3. The maximum atomic E-state index is 4.40. The van der Waals surface area contributed by atoms with Crippen molar-refractivity contribution in [2.45, 2.75) is 20.3 Å². The van der Waals surface area contributed by atoms with Crippen LogP contribution >= 0.6 is 0 Å². The van der Waals surface area contributed by atoms with Crippen LogP contribution in [0.4, 0.5) is 0 Å². The Kier molecular flexibility index (Phi) is 2.82. The molecule has 0 saturated carbocycles. The lowest BCUT2D eigenvalue weighted by Crippen LogP contribution is -1.92. The molecular formula is C14H15N. The van der Waals surface area contributed by atoms with Gasteiger partial charge in [-0.3, -0.25) is 4.98 Å². The van der Waals surface area contributed by atoms with Crippen LogP contribution in [0.15, 0.2) is 42.6 Å². The molecular weight excluding hydrogens is 182 g/mol. The second kappa shape index (κ2) is 4.26. The molecule has 2 rings (SSSR count). The molecule has 0 fully saturated rings. The van der Waals surface area contributed by atoms with Crippen LogP contribution in [-0.4, -0.2) is 4.98 Å². The van der Waals surface area contributed by atoms with Crippen LogP contribution in [0.5, 0.6) is 0 Å². The van der Waals surface area contributed by atoms with Crippen molar-refractivity contribution in [1.82, 2.24) is 4.98 Å². The molecule has 0 aliphatic rings. The molecule has 1 aromatic heterocycles. The molecule has 2 aromatic rings. The highest BCUT2D eigenvalue weighted by Gasteiger charge is 1.97. The highest BCUT2D eigenvalue weighted by Crippen LogP contribution is 2.09. The smallest absolute Gasteiger partial charge is 0.0447 e. The van der Waals surface area contributed by atoms with Crippen molar-refractivity contribution in [2.75, 3.05) is 0 Å². The van der Waals surface area contributed by atoms with Gasteiger partial charge >= 0.3 is 0 Å². The lowest BCUT2D eigenvalue weighted by Gasteiger charge is -2.02. The van der Waals surface area contributed by atoms with Gasteiger partial charge in [-0.2, -0.15) is 0 Å². The molecule has 1 heterocycles. The van der Waals surface area contributed by atoms with Crippen molar-refractivity contribution in [3.63, 3.8) is 0 Å². The molecule has 0 saturated heterocycles. The zero-order valence-corrected chi connectivity index (χ0v) is 9.20. The van der Waals surface area contributed by atoms with E-state index < -0.39 is 0 Å². The summed E-state index contributed by atoms with van der Waals surface area (Å²) in [6.45, 7) is 4.18. The molecule has 0 atom stereocenters. The van der Waals surface area contributed by atoms with E-state index in [1.165, 1.54) is 16.7 Å². The lowest BCUT2D eigenvalue weighted by atomic mass is 10.1. The van der Waals surface area contributed by atoms with Crippen molar-refractivity contribution in [3.8, 4) is 0 Å². The maximum absolute atomic E-state index is 4.40. The van der Waals surface area contributed by atoms with E-state index in [2.05, 4.69) is 55.2 Å². The van der Waals surface area contributed by atoms with Crippen molar-refractivity contribution < 1.29 is 0 Å². The summed E-state index contributed by atoms with van der Waals surface area (Å²) in [5.41, 5.74) is 4.97. The van der Waals surface area contributed by atoms with E-state index in [1.807, 2.05) is 6.20 Å². The standard InChI is InChI=1S/C14H15N/c1-11-4-3-5-13(8-11)9-14-7-6-12(2)10-15-14/h3-8,10H,9H2,1-2H3. The SMILES string of the molecule is Cc1ccc(Cc2cccc(C)c2)nc1. The molecule has 0 bridgehead atoms. The van der Waals surface area contributed by atoms with Crippen LogP contribution < -0.4 is 0 Å². The summed E-state index contributed by atoms with van der Waals surface area (Å²) in [4.78, 5) is 4.40. The largest absolute Gasteiger partial charge is 0.261 e. The highest BCUT2D eigenvalue weighted by atomic mass is 14.7.